The summed E-state index contributed by atoms with van der Waals surface area (Å²) in [4.78, 5) is 17.2. The van der Waals surface area contributed by atoms with Crippen LogP contribution in [0.4, 0.5) is 0 Å². The van der Waals surface area contributed by atoms with Gasteiger partial charge >= 0.3 is 0 Å². The number of pyridine rings is 1. The van der Waals surface area contributed by atoms with Crippen molar-refractivity contribution in [2.75, 3.05) is 7.05 Å². The summed E-state index contributed by atoms with van der Waals surface area (Å²) in [6, 6.07) is 20.5. The van der Waals surface area contributed by atoms with E-state index in [1.807, 2.05) is 48.5 Å². The predicted octanol–water partition coefficient (Wildman–Crippen LogP) is 3.04. The Morgan fingerprint density at radius 1 is 0.931 bits per heavy atom. The van der Waals surface area contributed by atoms with Crippen molar-refractivity contribution in [1.82, 2.24) is 15.0 Å². The van der Waals surface area contributed by atoms with E-state index in [1.165, 1.54) is 7.05 Å². The molecule has 0 radical (unpaired) electrons. The van der Waals surface area contributed by atoms with Gasteiger partial charge in [-0.15, -0.1) is 0 Å². The number of carbonyl (C=O) groups excluding carboxylic acids is 1. The van der Waals surface area contributed by atoms with Gasteiger partial charge in [0.1, 0.15) is 0 Å². The molecule has 0 bridgehead atoms. The molecule has 0 fully saturated rings. The zero-order valence-corrected chi connectivity index (χ0v) is 17.2. The molecule has 2 N–H and O–H groups in total. The molecule has 0 aliphatic heterocycles. The molecule has 1 amide bonds. The fourth-order valence-electron chi connectivity index (χ4n) is 2.99. The Kier molecular flexibility index (Phi) is 6.41. The average Bonchev–Trinajstić information content (AvgIpc) is 2.73. The lowest BCUT2D eigenvalue weighted by Crippen LogP contribution is -2.26. The molecule has 29 heavy (non-hydrogen) atoms. The highest BCUT2D eigenvalue weighted by molar-refractivity contribution is 7.88. The molecule has 0 aliphatic rings. The van der Waals surface area contributed by atoms with Gasteiger partial charge in [0.15, 0.2) is 0 Å². The molecule has 2 aromatic carbocycles. The summed E-state index contributed by atoms with van der Waals surface area (Å²) < 4.78 is 26.0. The van der Waals surface area contributed by atoms with Crippen molar-refractivity contribution in [3.63, 3.8) is 0 Å². The molecule has 150 valence electrons. The van der Waals surface area contributed by atoms with Crippen LogP contribution in [-0.4, -0.2) is 26.4 Å². The minimum atomic E-state index is -3.40. The molecule has 3 rings (SSSR count). The molecular weight excluding hydrogens is 386 g/mol. The molecule has 0 spiro atoms. The Morgan fingerprint density at radius 2 is 1.59 bits per heavy atom. The second-order valence-electron chi connectivity index (χ2n) is 6.61. The van der Waals surface area contributed by atoms with Gasteiger partial charge in [-0.25, -0.2) is 13.1 Å². The summed E-state index contributed by atoms with van der Waals surface area (Å²) in [5.74, 6) is -0.386. The number of amides is 1. The van der Waals surface area contributed by atoms with Gasteiger partial charge in [0.25, 0.3) is 5.91 Å². The van der Waals surface area contributed by atoms with Crippen LogP contribution >= 0.6 is 0 Å². The minimum Gasteiger partial charge on any atom is -0.348 e. The zero-order chi connectivity index (χ0) is 20.9. The van der Waals surface area contributed by atoms with Crippen molar-refractivity contribution >= 4 is 15.9 Å². The van der Waals surface area contributed by atoms with Crippen molar-refractivity contribution in [3.8, 4) is 11.3 Å². The van der Waals surface area contributed by atoms with E-state index < -0.39 is 10.0 Å². The highest BCUT2D eigenvalue weighted by Crippen LogP contribution is 2.19. The summed E-state index contributed by atoms with van der Waals surface area (Å²) in [7, 11) is -2.01. The zero-order valence-electron chi connectivity index (χ0n) is 16.3. The Bertz CT molecular complexity index is 1110. The van der Waals surface area contributed by atoms with Crippen molar-refractivity contribution in [2.24, 2.45) is 0 Å². The van der Waals surface area contributed by atoms with Crippen LogP contribution in [0.1, 0.15) is 27.2 Å². The number of benzene rings is 2. The molecule has 0 atom stereocenters. The standard InChI is InChI=1S/C22H23N3O3S/c1-16-20(12-13-21(25-16)17-8-4-3-5-9-17)22(26)24-14-18-10-6-7-11-19(18)15-29(27,28)23-2/h3-13,23H,14-15H2,1-2H3,(H,24,26). The topological polar surface area (TPSA) is 88.2 Å². The van der Waals surface area contributed by atoms with E-state index in [4.69, 9.17) is 0 Å². The lowest BCUT2D eigenvalue weighted by Gasteiger charge is -2.12. The summed E-state index contributed by atoms with van der Waals surface area (Å²) in [5.41, 5.74) is 4.33. The van der Waals surface area contributed by atoms with E-state index >= 15 is 0 Å². The maximum Gasteiger partial charge on any atom is 0.253 e. The third kappa shape index (κ3) is 5.28. The third-order valence-electron chi connectivity index (χ3n) is 4.61. The lowest BCUT2D eigenvalue weighted by atomic mass is 10.1. The van der Waals surface area contributed by atoms with Crippen LogP contribution in [0.5, 0.6) is 0 Å². The van der Waals surface area contributed by atoms with E-state index in [2.05, 4.69) is 15.0 Å². The molecule has 0 unspecified atom stereocenters. The number of hydrogen-bond donors (Lipinski definition) is 2. The van der Waals surface area contributed by atoms with E-state index in [9.17, 15) is 13.2 Å². The van der Waals surface area contributed by atoms with Gasteiger partial charge in [-0.3, -0.25) is 9.78 Å². The molecule has 6 nitrogen and oxygen atoms in total. The Morgan fingerprint density at radius 3 is 2.24 bits per heavy atom. The molecule has 1 heterocycles. The number of aromatic nitrogens is 1. The minimum absolute atomic E-state index is 0.137. The summed E-state index contributed by atoms with van der Waals surface area (Å²) in [6.45, 7) is 2.03. The van der Waals surface area contributed by atoms with Crippen LogP contribution in [0, 0.1) is 6.92 Å². The monoisotopic (exact) mass is 409 g/mol. The van der Waals surface area contributed by atoms with Crippen LogP contribution in [0.3, 0.4) is 0 Å². The van der Waals surface area contributed by atoms with Crippen LogP contribution in [-0.2, 0) is 22.3 Å². The van der Waals surface area contributed by atoms with Crippen LogP contribution in [0.2, 0.25) is 0 Å². The van der Waals surface area contributed by atoms with Gasteiger partial charge in [-0.05, 0) is 37.2 Å². The van der Waals surface area contributed by atoms with Crippen molar-refractivity contribution in [3.05, 3.63) is 89.1 Å². The predicted molar refractivity (Wildman–Crippen MR) is 114 cm³/mol. The van der Waals surface area contributed by atoms with Gasteiger partial charge in [-0.1, -0.05) is 54.6 Å². The Labute approximate surface area is 171 Å². The number of nitrogens with zero attached hydrogens (tertiary/aromatic N) is 1. The maximum absolute atomic E-state index is 12.7. The first-order valence-electron chi connectivity index (χ1n) is 9.19. The summed E-state index contributed by atoms with van der Waals surface area (Å²) in [6.07, 6.45) is 0. The number of hydrogen-bond acceptors (Lipinski definition) is 4. The van der Waals surface area contributed by atoms with Crippen LogP contribution < -0.4 is 10.0 Å². The lowest BCUT2D eigenvalue weighted by molar-refractivity contribution is 0.0950. The molecule has 7 heteroatoms. The van der Waals surface area contributed by atoms with Crippen molar-refractivity contribution in [2.45, 2.75) is 19.2 Å². The van der Waals surface area contributed by atoms with E-state index in [0.29, 0.717) is 16.8 Å². The third-order valence-corrected chi connectivity index (χ3v) is 5.93. The van der Waals surface area contributed by atoms with Crippen LogP contribution in [0.25, 0.3) is 11.3 Å². The number of rotatable bonds is 7. The van der Waals surface area contributed by atoms with E-state index in [0.717, 1.165) is 16.8 Å². The van der Waals surface area contributed by atoms with Gasteiger partial charge < -0.3 is 5.32 Å². The largest absolute Gasteiger partial charge is 0.348 e. The Balaban J connectivity index is 1.74. The molecular formula is C22H23N3O3S. The normalized spacial score (nSPS) is 11.2. The number of nitrogens with one attached hydrogen (secondary N) is 2. The molecule has 0 aliphatic carbocycles. The number of aryl methyl sites for hydroxylation is 1. The smallest absolute Gasteiger partial charge is 0.253 e. The first-order chi connectivity index (χ1) is 13.9. The molecule has 0 saturated carbocycles. The fraction of sp³-hybridized carbons (Fsp3) is 0.182. The molecule has 3 aromatic rings. The second-order valence-corrected chi connectivity index (χ2v) is 8.54. The fourth-order valence-corrected chi connectivity index (χ4v) is 3.82. The number of sulfonamides is 1. The first-order valence-corrected chi connectivity index (χ1v) is 10.8. The van der Waals surface area contributed by atoms with Crippen molar-refractivity contribution < 1.29 is 13.2 Å². The quantitative estimate of drug-likeness (QED) is 0.628. The highest BCUT2D eigenvalue weighted by Gasteiger charge is 2.14. The Hall–Kier alpha value is -3.03. The maximum atomic E-state index is 12.7. The van der Waals surface area contributed by atoms with Gasteiger partial charge in [0.05, 0.1) is 22.7 Å². The first kappa shape index (κ1) is 20.7. The van der Waals surface area contributed by atoms with Gasteiger partial charge in [0.2, 0.25) is 10.0 Å². The second kappa shape index (κ2) is 8.98. The molecule has 0 saturated heterocycles. The van der Waals surface area contributed by atoms with Gasteiger partial charge in [0, 0.05) is 12.1 Å². The summed E-state index contributed by atoms with van der Waals surface area (Å²) in [5, 5.41) is 2.87. The number of carbonyl (C=O) groups is 1. The SMILES string of the molecule is CNS(=O)(=O)Cc1ccccc1CNC(=O)c1ccc(-c2ccccc2)nc1C. The van der Waals surface area contributed by atoms with Crippen LogP contribution in [0.15, 0.2) is 66.7 Å². The van der Waals surface area contributed by atoms with E-state index in [-0.39, 0.29) is 18.2 Å². The van der Waals surface area contributed by atoms with Gasteiger partial charge in [-0.2, -0.15) is 0 Å². The highest BCUT2D eigenvalue weighted by atomic mass is 32.2. The molecule has 1 aromatic heterocycles. The summed E-state index contributed by atoms with van der Waals surface area (Å²) >= 11 is 0. The van der Waals surface area contributed by atoms with Crippen molar-refractivity contribution in [1.29, 1.82) is 0 Å². The van der Waals surface area contributed by atoms with E-state index in [1.54, 1.807) is 25.1 Å². The average molecular weight is 410 g/mol.